The van der Waals surface area contributed by atoms with Gasteiger partial charge in [-0.25, -0.2) is 4.39 Å². The fourth-order valence-corrected chi connectivity index (χ4v) is 1.92. The number of benzene rings is 1. The second-order valence-corrected chi connectivity index (χ2v) is 3.94. The van der Waals surface area contributed by atoms with E-state index in [1.807, 2.05) is 6.07 Å². The highest BCUT2D eigenvalue weighted by molar-refractivity contribution is 5.28. The molecule has 0 spiro atoms. The highest BCUT2D eigenvalue weighted by Gasteiger charge is 2.39. The molecular weight excluding hydrogens is 193 g/mol. The van der Waals surface area contributed by atoms with E-state index in [4.69, 9.17) is 10.00 Å². The van der Waals surface area contributed by atoms with Crippen molar-refractivity contribution in [1.82, 2.24) is 0 Å². The first-order chi connectivity index (χ1) is 7.27. The maximum atomic E-state index is 13.1. The lowest BCUT2D eigenvalue weighted by atomic mass is 9.75. The summed E-state index contributed by atoms with van der Waals surface area (Å²) in [5.41, 5.74) is 0.821. The Balaban J connectivity index is 2.23. The van der Waals surface area contributed by atoms with Gasteiger partial charge in [-0.1, -0.05) is 12.1 Å². The van der Waals surface area contributed by atoms with Crippen molar-refractivity contribution in [2.24, 2.45) is 0 Å². The van der Waals surface area contributed by atoms with Crippen molar-refractivity contribution in [2.45, 2.75) is 18.3 Å². The van der Waals surface area contributed by atoms with E-state index in [9.17, 15) is 4.39 Å². The van der Waals surface area contributed by atoms with Gasteiger partial charge in [0.15, 0.2) is 0 Å². The molecule has 0 N–H and O–H groups in total. The number of rotatable bonds is 3. The molecule has 3 heteroatoms. The minimum absolute atomic E-state index is 0.127. The Morgan fingerprint density at radius 2 is 2.27 bits per heavy atom. The summed E-state index contributed by atoms with van der Waals surface area (Å²) in [6, 6.07) is 8.71. The molecule has 1 aliphatic heterocycles. The van der Waals surface area contributed by atoms with Gasteiger partial charge < -0.3 is 4.74 Å². The molecule has 0 amide bonds. The zero-order chi connectivity index (χ0) is 10.7. The molecule has 0 bridgehead atoms. The van der Waals surface area contributed by atoms with E-state index in [-0.39, 0.29) is 11.2 Å². The zero-order valence-corrected chi connectivity index (χ0v) is 8.37. The summed E-state index contributed by atoms with van der Waals surface area (Å²) in [4.78, 5) is 0. The van der Waals surface area contributed by atoms with Crippen LogP contribution in [0.15, 0.2) is 24.3 Å². The van der Waals surface area contributed by atoms with E-state index in [0.29, 0.717) is 19.6 Å². The number of ether oxygens (including phenoxy) is 1. The SMILES string of the molecule is N#CCCC1(c2cccc(F)c2)COC1. The van der Waals surface area contributed by atoms with Crippen LogP contribution in [0.4, 0.5) is 4.39 Å². The molecule has 0 radical (unpaired) electrons. The number of halogens is 1. The molecule has 78 valence electrons. The summed E-state index contributed by atoms with van der Waals surface area (Å²) >= 11 is 0. The second kappa shape index (κ2) is 4.00. The van der Waals surface area contributed by atoms with E-state index in [0.717, 1.165) is 12.0 Å². The first kappa shape index (κ1) is 10.1. The number of hydrogen-bond acceptors (Lipinski definition) is 2. The van der Waals surface area contributed by atoms with Crippen LogP contribution in [-0.4, -0.2) is 13.2 Å². The van der Waals surface area contributed by atoms with Gasteiger partial charge in [0.2, 0.25) is 0 Å². The molecule has 1 aromatic rings. The maximum Gasteiger partial charge on any atom is 0.123 e. The molecular formula is C12H12FNO. The van der Waals surface area contributed by atoms with Crippen LogP contribution in [0.2, 0.25) is 0 Å². The normalized spacial score (nSPS) is 17.9. The molecule has 15 heavy (non-hydrogen) atoms. The fraction of sp³-hybridized carbons (Fsp3) is 0.417. The van der Waals surface area contributed by atoms with Crippen molar-refractivity contribution in [3.8, 4) is 6.07 Å². The van der Waals surface area contributed by atoms with Gasteiger partial charge >= 0.3 is 0 Å². The van der Waals surface area contributed by atoms with E-state index in [1.54, 1.807) is 12.1 Å². The summed E-state index contributed by atoms with van der Waals surface area (Å²) in [7, 11) is 0. The van der Waals surface area contributed by atoms with Crippen LogP contribution in [0.3, 0.4) is 0 Å². The van der Waals surface area contributed by atoms with E-state index >= 15 is 0 Å². The van der Waals surface area contributed by atoms with Crippen molar-refractivity contribution in [3.63, 3.8) is 0 Å². The first-order valence-corrected chi connectivity index (χ1v) is 4.98. The Labute approximate surface area is 88.3 Å². The number of nitriles is 1. The smallest absolute Gasteiger partial charge is 0.123 e. The van der Waals surface area contributed by atoms with Crippen molar-refractivity contribution in [3.05, 3.63) is 35.6 Å². The largest absolute Gasteiger partial charge is 0.379 e. The molecule has 0 aliphatic carbocycles. The van der Waals surface area contributed by atoms with E-state index in [1.165, 1.54) is 6.07 Å². The molecule has 0 atom stereocenters. The summed E-state index contributed by atoms with van der Waals surface area (Å²) in [5.74, 6) is -0.226. The Bertz CT molecular complexity index is 393. The summed E-state index contributed by atoms with van der Waals surface area (Å²) in [6.45, 7) is 1.19. The molecule has 1 fully saturated rings. The van der Waals surface area contributed by atoms with Gasteiger partial charge in [0, 0.05) is 11.8 Å². The monoisotopic (exact) mass is 205 g/mol. The van der Waals surface area contributed by atoms with Crippen LogP contribution in [0, 0.1) is 17.1 Å². The van der Waals surface area contributed by atoms with Gasteiger partial charge in [-0.05, 0) is 24.1 Å². The molecule has 1 aromatic carbocycles. The van der Waals surface area contributed by atoms with Crippen molar-refractivity contribution in [2.75, 3.05) is 13.2 Å². The van der Waals surface area contributed by atoms with Gasteiger partial charge in [0.25, 0.3) is 0 Å². The molecule has 0 unspecified atom stereocenters. The molecule has 1 aliphatic rings. The molecule has 0 aromatic heterocycles. The topological polar surface area (TPSA) is 33.0 Å². The van der Waals surface area contributed by atoms with Crippen LogP contribution in [-0.2, 0) is 10.2 Å². The average molecular weight is 205 g/mol. The van der Waals surface area contributed by atoms with Crippen molar-refractivity contribution in [1.29, 1.82) is 5.26 Å². The number of hydrogen-bond donors (Lipinski definition) is 0. The second-order valence-electron chi connectivity index (χ2n) is 3.94. The summed E-state index contributed by atoms with van der Waals surface area (Å²) < 4.78 is 18.3. The number of nitrogens with zero attached hydrogens (tertiary/aromatic N) is 1. The van der Waals surface area contributed by atoms with Crippen LogP contribution in [0.25, 0.3) is 0 Å². The summed E-state index contributed by atoms with van der Waals surface area (Å²) in [5, 5.41) is 8.59. The third kappa shape index (κ3) is 1.86. The highest BCUT2D eigenvalue weighted by atomic mass is 19.1. The quantitative estimate of drug-likeness (QED) is 0.759. The predicted octanol–water partition coefficient (Wildman–Crippen LogP) is 2.40. The first-order valence-electron chi connectivity index (χ1n) is 4.98. The van der Waals surface area contributed by atoms with Gasteiger partial charge in [-0.2, -0.15) is 5.26 Å². The molecule has 0 saturated carbocycles. The molecule has 1 saturated heterocycles. The van der Waals surface area contributed by atoms with Crippen LogP contribution < -0.4 is 0 Å². The average Bonchev–Trinajstić information content (AvgIpc) is 2.16. The Morgan fingerprint density at radius 1 is 1.47 bits per heavy atom. The molecule has 2 nitrogen and oxygen atoms in total. The third-order valence-corrected chi connectivity index (χ3v) is 2.91. The maximum absolute atomic E-state index is 13.1. The molecule has 2 rings (SSSR count). The lowest BCUT2D eigenvalue weighted by molar-refractivity contribution is -0.0638. The fourth-order valence-electron chi connectivity index (χ4n) is 1.92. The predicted molar refractivity (Wildman–Crippen MR) is 53.7 cm³/mol. The zero-order valence-electron chi connectivity index (χ0n) is 8.37. The minimum Gasteiger partial charge on any atom is -0.379 e. The van der Waals surface area contributed by atoms with Gasteiger partial charge in [-0.15, -0.1) is 0 Å². The van der Waals surface area contributed by atoms with E-state index in [2.05, 4.69) is 6.07 Å². The Hall–Kier alpha value is -1.40. The van der Waals surface area contributed by atoms with Gasteiger partial charge in [0.1, 0.15) is 5.82 Å². The highest BCUT2D eigenvalue weighted by Crippen LogP contribution is 2.36. The van der Waals surface area contributed by atoms with Crippen LogP contribution in [0.1, 0.15) is 18.4 Å². The lowest BCUT2D eigenvalue weighted by Crippen LogP contribution is -2.46. The standard InChI is InChI=1S/C12H12FNO/c13-11-4-1-3-10(7-11)12(5-2-6-14)8-15-9-12/h1,3-4,7H,2,5,8-9H2. The Kier molecular flexibility index (Phi) is 2.70. The van der Waals surface area contributed by atoms with Crippen molar-refractivity contribution >= 4 is 0 Å². The summed E-state index contributed by atoms with van der Waals surface area (Å²) in [6.07, 6.45) is 1.23. The van der Waals surface area contributed by atoms with Crippen LogP contribution >= 0.6 is 0 Å². The lowest BCUT2D eigenvalue weighted by Gasteiger charge is -2.41. The van der Waals surface area contributed by atoms with E-state index < -0.39 is 0 Å². The Morgan fingerprint density at radius 3 is 2.80 bits per heavy atom. The van der Waals surface area contributed by atoms with Gasteiger partial charge in [-0.3, -0.25) is 0 Å². The van der Waals surface area contributed by atoms with Crippen LogP contribution in [0.5, 0.6) is 0 Å². The van der Waals surface area contributed by atoms with Crippen molar-refractivity contribution < 1.29 is 9.13 Å². The molecule has 1 heterocycles. The minimum atomic E-state index is -0.226. The van der Waals surface area contributed by atoms with Gasteiger partial charge in [0.05, 0.1) is 19.3 Å². The third-order valence-electron chi connectivity index (χ3n) is 2.91.